The van der Waals surface area contributed by atoms with Gasteiger partial charge in [0, 0.05) is 0 Å². The molecule has 1 aromatic heterocycles. The monoisotopic (exact) mass is 382 g/mol. The second-order valence-electron chi connectivity index (χ2n) is 7.05. The van der Waals surface area contributed by atoms with Crippen LogP contribution in [0.15, 0.2) is 48.8 Å². The molecule has 0 bridgehead atoms. The number of ether oxygens (including phenoxy) is 2. The highest BCUT2D eigenvalue weighted by Gasteiger charge is 2.47. The molecule has 2 heterocycles. The summed E-state index contributed by atoms with van der Waals surface area (Å²) in [6, 6.07) is 12.5. The van der Waals surface area contributed by atoms with Crippen molar-refractivity contribution in [3.63, 3.8) is 0 Å². The van der Waals surface area contributed by atoms with Gasteiger partial charge < -0.3 is 24.3 Å². The van der Waals surface area contributed by atoms with Crippen molar-refractivity contribution >= 4 is 17.0 Å². The number of aryl methyl sites for hydroxylation is 2. The van der Waals surface area contributed by atoms with Crippen LogP contribution in [0, 0.1) is 13.8 Å². The maximum atomic E-state index is 12.5. The maximum absolute atomic E-state index is 12.5. The van der Waals surface area contributed by atoms with Gasteiger partial charge in [-0.2, -0.15) is 0 Å². The molecule has 4 unspecified atom stereocenters. The predicted molar refractivity (Wildman–Crippen MR) is 102 cm³/mol. The van der Waals surface area contributed by atoms with Crippen molar-refractivity contribution in [3.8, 4) is 0 Å². The van der Waals surface area contributed by atoms with E-state index in [1.54, 1.807) is 41.2 Å². The molecule has 1 saturated heterocycles. The molecule has 2 aromatic carbocycles. The van der Waals surface area contributed by atoms with Crippen LogP contribution in [0.3, 0.4) is 0 Å². The molecule has 28 heavy (non-hydrogen) atoms. The second-order valence-corrected chi connectivity index (χ2v) is 7.05. The van der Waals surface area contributed by atoms with E-state index >= 15 is 0 Å². The first-order chi connectivity index (χ1) is 13.5. The number of esters is 1. The van der Waals surface area contributed by atoms with Crippen LogP contribution in [-0.4, -0.2) is 50.7 Å². The van der Waals surface area contributed by atoms with Gasteiger partial charge in [0.25, 0.3) is 0 Å². The molecule has 3 aromatic rings. The number of hydrogen-bond acceptors (Lipinski definition) is 6. The Hall–Kier alpha value is -2.74. The Morgan fingerprint density at radius 3 is 2.64 bits per heavy atom. The van der Waals surface area contributed by atoms with E-state index in [1.165, 1.54) is 0 Å². The van der Waals surface area contributed by atoms with Gasteiger partial charge in [-0.15, -0.1) is 0 Å². The van der Waals surface area contributed by atoms with E-state index in [-0.39, 0.29) is 6.61 Å². The summed E-state index contributed by atoms with van der Waals surface area (Å²) in [7, 11) is 0. The number of carbonyl (C=O) groups excluding carboxylic acids is 1. The smallest absolute Gasteiger partial charge is 0.338 e. The van der Waals surface area contributed by atoms with Crippen molar-refractivity contribution in [2.45, 2.75) is 38.4 Å². The molecule has 7 heteroatoms. The minimum Gasteiger partial charge on any atom is -0.451 e. The molecule has 0 saturated carbocycles. The average molecular weight is 382 g/mol. The number of aliphatic hydroxyl groups excluding tert-OH is 2. The summed E-state index contributed by atoms with van der Waals surface area (Å²) in [6.07, 6.45) is -2.20. The van der Waals surface area contributed by atoms with Gasteiger partial charge in [0.1, 0.15) is 12.2 Å². The molecule has 4 atom stereocenters. The largest absolute Gasteiger partial charge is 0.451 e. The molecule has 2 N–H and O–H groups in total. The summed E-state index contributed by atoms with van der Waals surface area (Å²) in [5.74, 6) is -0.562. The highest BCUT2D eigenvalue weighted by molar-refractivity contribution is 5.89. The van der Waals surface area contributed by atoms with Gasteiger partial charge in [0.2, 0.25) is 0 Å². The quantitative estimate of drug-likeness (QED) is 0.672. The molecule has 0 amide bonds. The number of hydrogen-bond donors (Lipinski definition) is 2. The number of aliphatic hydroxyl groups is 2. The lowest BCUT2D eigenvalue weighted by Crippen LogP contribution is -2.37. The minimum absolute atomic E-state index is 0.378. The van der Waals surface area contributed by atoms with Crippen LogP contribution in [0.2, 0.25) is 0 Å². The number of aromatic nitrogens is 2. The first kappa shape index (κ1) is 18.6. The third kappa shape index (κ3) is 3.17. The first-order valence-corrected chi connectivity index (χ1v) is 9.14. The third-order valence-electron chi connectivity index (χ3n) is 5.21. The summed E-state index contributed by atoms with van der Waals surface area (Å²) < 4.78 is 13.2. The van der Waals surface area contributed by atoms with Gasteiger partial charge in [-0.1, -0.05) is 18.2 Å². The molecule has 7 nitrogen and oxygen atoms in total. The van der Waals surface area contributed by atoms with Crippen LogP contribution < -0.4 is 0 Å². The van der Waals surface area contributed by atoms with E-state index in [4.69, 9.17) is 9.47 Å². The Balaban J connectivity index is 1.70. The first-order valence-electron chi connectivity index (χ1n) is 9.14. The van der Waals surface area contributed by atoms with E-state index in [0.717, 1.165) is 22.2 Å². The zero-order valence-corrected chi connectivity index (χ0v) is 15.6. The number of nitrogens with zero attached hydrogens (tertiary/aromatic N) is 2. The number of benzene rings is 2. The fraction of sp³-hybridized carbons (Fsp3) is 0.333. The Morgan fingerprint density at radius 1 is 1.21 bits per heavy atom. The average Bonchev–Trinajstić information content (AvgIpc) is 3.23. The van der Waals surface area contributed by atoms with E-state index < -0.39 is 30.5 Å². The van der Waals surface area contributed by atoms with Crippen LogP contribution >= 0.6 is 0 Å². The standard InChI is InChI=1S/C21H22N2O5/c1-12-8-15-16(9-13(12)2)23(11-22-15)20-19(18(25)17(10-24)27-20)28-21(26)14-6-4-3-5-7-14/h3-9,11,17-20,24-25H,10H2,1-2H3. The molecule has 146 valence electrons. The Labute approximate surface area is 162 Å². The zero-order chi connectivity index (χ0) is 19.8. The summed E-state index contributed by atoms with van der Waals surface area (Å²) in [6.45, 7) is 3.62. The Bertz CT molecular complexity index is 1000. The molecular formula is C21H22N2O5. The fourth-order valence-electron chi connectivity index (χ4n) is 3.47. The lowest BCUT2D eigenvalue weighted by Gasteiger charge is -2.22. The third-order valence-corrected chi connectivity index (χ3v) is 5.21. The summed E-state index contributed by atoms with van der Waals surface area (Å²) in [4.78, 5) is 17.0. The van der Waals surface area contributed by atoms with Gasteiger partial charge >= 0.3 is 5.97 Å². The van der Waals surface area contributed by atoms with Crippen LogP contribution in [0.4, 0.5) is 0 Å². The number of fused-ring (bicyclic) bond motifs is 1. The van der Waals surface area contributed by atoms with Gasteiger partial charge in [-0.3, -0.25) is 0 Å². The van der Waals surface area contributed by atoms with E-state index in [9.17, 15) is 15.0 Å². The van der Waals surface area contributed by atoms with Crippen molar-refractivity contribution in [2.75, 3.05) is 6.61 Å². The lowest BCUT2D eigenvalue weighted by atomic mass is 10.1. The molecule has 0 spiro atoms. The number of rotatable bonds is 4. The molecule has 4 rings (SSSR count). The van der Waals surface area contributed by atoms with Crippen molar-refractivity contribution in [2.24, 2.45) is 0 Å². The van der Waals surface area contributed by atoms with E-state index in [0.29, 0.717) is 5.56 Å². The highest BCUT2D eigenvalue weighted by Crippen LogP contribution is 2.35. The number of carbonyl (C=O) groups is 1. The molecule has 1 aliphatic heterocycles. The van der Waals surface area contributed by atoms with Crippen molar-refractivity contribution in [1.29, 1.82) is 0 Å². The SMILES string of the molecule is Cc1cc2ncn(C3OC(CO)C(O)C3OC(=O)c3ccccc3)c2cc1C. The summed E-state index contributed by atoms with van der Waals surface area (Å²) in [5, 5.41) is 20.2. The van der Waals surface area contributed by atoms with E-state index in [2.05, 4.69) is 4.98 Å². The second kappa shape index (κ2) is 7.35. The van der Waals surface area contributed by atoms with Gasteiger partial charge in [-0.25, -0.2) is 9.78 Å². The fourth-order valence-corrected chi connectivity index (χ4v) is 3.47. The maximum Gasteiger partial charge on any atom is 0.338 e. The molecule has 1 fully saturated rings. The van der Waals surface area contributed by atoms with E-state index in [1.807, 2.05) is 26.0 Å². The van der Waals surface area contributed by atoms with Crippen LogP contribution in [-0.2, 0) is 9.47 Å². The molecule has 0 aliphatic carbocycles. The van der Waals surface area contributed by atoms with Crippen LogP contribution in [0.1, 0.15) is 27.7 Å². The Morgan fingerprint density at radius 2 is 1.93 bits per heavy atom. The van der Waals surface area contributed by atoms with Gasteiger partial charge in [0.05, 0.1) is 29.5 Å². The van der Waals surface area contributed by atoms with Crippen LogP contribution in [0.5, 0.6) is 0 Å². The minimum atomic E-state index is -1.16. The molecular weight excluding hydrogens is 360 g/mol. The predicted octanol–water partition coefficient (Wildman–Crippen LogP) is 2.13. The summed E-state index contributed by atoms with van der Waals surface area (Å²) >= 11 is 0. The van der Waals surface area contributed by atoms with Crippen molar-refractivity contribution < 1.29 is 24.5 Å². The normalized spacial score (nSPS) is 24.6. The lowest BCUT2D eigenvalue weighted by molar-refractivity contribution is -0.0562. The molecule has 1 aliphatic rings. The Kier molecular flexibility index (Phi) is 4.89. The highest BCUT2D eigenvalue weighted by atomic mass is 16.6. The molecule has 0 radical (unpaired) electrons. The van der Waals surface area contributed by atoms with Crippen molar-refractivity contribution in [3.05, 3.63) is 65.5 Å². The van der Waals surface area contributed by atoms with Crippen molar-refractivity contribution in [1.82, 2.24) is 9.55 Å². The summed E-state index contributed by atoms with van der Waals surface area (Å²) in [5.41, 5.74) is 4.17. The zero-order valence-electron chi connectivity index (χ0n) is 15.6. The van der Waals surface area contributed by atoms with Crippen LogP contribution in [0.25, 0.3) is 11.0 Å². The topological polar surface area (TPSA) is 93.8 Å². The van der Waals surface area contributed by atoms with Gasteiger partial charge in [-0.05, 0) is 49.2 Å². The number of imidazole rings is 1. The van der Waals surface area contributed by atoms with Gasteiger partial charge in [0.15, 0.2) is 12.3 Å².